The molecule has 0 aliphatic carbocycles. The van der Waals surface area contributed by atoms with E-state index in [2.05, 4.69) is 38.8 Å². The molecule has 0 N–H and O–H groups in total. The third-order valence-electron chi connectivity index (χ3n) is 2.79. The van der Waals surface area contributed by atoms with E-state index in [0.717, 1.165) is 43.9 Å². The van der Waals surface area contributed by atoms with Gasteiger partial charge in [0.05, 0.1) is 0 Å². The SMILES string of the molecule is CCc1cc(Oc2ccc(Br)cc2CBr)ccc1Cl. The summed E-state index contributed by atoms with van der Waals surface area (Å²) in [6.07, 6.45) is 0.891. The van der Waals surface area contributed by atoms with E-state index in [1.54, 1.807) is 0 Å². The Bertz CT molecular complexity index is 584. The Morgan fingerprint density at radius 1 is 1.11 bits per heavy atom. The lowest BCUT2D eigenvalue weighted by atomic mass is 10.1. The first-order valence-corrected chi connectivity index (χ1v) is 8.24. The van der Waals surface area contributed by atoms with Crippen LogP contribution in [-0.4, -0.2) is 0 Å². The fraction of sp³-hybridized carbons (Fsp3) is 0.200. The van der Waals surface area contributed by atoms with E-state index in [-0.39, 0.29) is 0 Å². The van der Waals surface area contributed by atoms with Crippen molar-refractivity contribution < 1.29 is 4.74 Å². The van der Waals surface area contributed by atoms with Crippen molar-refractivity contribution in [3.63, 3.8) is 0 Å². The van der Waals surface area contributed by atoms with E-state index in [9.17, 15) is 0 Å². The number of ether oxygens (including phenoxy) is 1. The number of hydrogen-bond donors (Lipinski definition) is 0. The predicted molar refractivity (Wildman–Crippen MR) is 87.7 cm³/mol. The summed E-state index contributed by atoms with van der Waals surface area (Å²) in [4.78, 5) is 0. The largest absolute Gasteiger partial charge is 0.457 e. The highest BCUT2D eigenvalue weighted by Gasteiger charge is 2.07. The molecule has 0 spiro atoms. The minimum Gasteiger partial charge on any atom is -0.457 e. The van der Waals surface area contributed by atoms with Gasteiger partial charge in [-0.25, -0.2) is 0 Å². The standard InChI is InChI=1S/C15H13Br2ClO/c1-2-10-8-13(4-5-14(10)18)19-15-6-3-12(17)7-11(15)9-16/h3-8H,2,9H2,1H3. The molecule has 1 nitrogen and oxygen atoms in total. The van der Waals surface area contributed by atoms with Crippen LogP contribution in [0.25, 0.3) is 0 Å². The number of benzene rings is 2. The van der Waals surface area contributed by atoms with Crippen molar-refractivity contribution >= 4 is 43.5 Å². The highest BCUT2D eigenvalue weighted by Crippen LogP contribution is 2.31. The van der Waals surface area contributed by atoms with E-state index in [1.807, 2.05) is 36.4 Å². The maximum absolute atomic E-state index is 6.11. The molecule has 0 bridgehead atoms. The monoisotopic (exact) mass is 402 g/mol. The highest BCUT2D eigenvalue weighted by atomic mass is 79.9. The molecule has 100 valence electrons. The van der Waals surface area contributed by atoms with Crippen molar-refractivity contribution in [3.05, 3.63) is 57.0 Å². The Labute approximate surface area is 135 Å². The summed E-state index contributed by atoms with van der Waals surface area (Å²) in [5.41, 5.74) is 2.19. The van der Waals surface area contributed by atoms with Gasteiger partial charge in [0.25, 0.3) is 0 Å². The second-order valence-corrected chi connectivity index (χ2v) is 5.98. The Hall–Kier alpha value is -0.510. The molecule has 0 fully saturated rings. The predicted octanol–water partition coefficient (Wildman–Crippen LogP) is 6.35. The van der Waals surface area contributed by atoms with E-state index < -0.39 is 0 Å². The van der Waals surface area contributed by atoms with Crippen LogP contribution < -0.4 is 4.74 Å². The van der Waals surface area contributed by atoms with Crippen LogP contribution in [0.4, 0.5) is 0 Å². The fourth-order valence-electron chi connectivity index (χ4n) is 1.76. The molecule has 0 aromatic heterocycles. The molecule has 0 unspecified atom stereocenters. The molecular formula is C15H13Br2ClO. The summed E-state index contributed by atoms with van der Waals surface area (Å²) < 4.78 is 6.98. The summed E-state index contributed by atoms with van der Waals surface area (Å²) >= 11 is 13.0. The quantitative estimate of drug-likeness (QED) is 0.539. The third kappa shape index (κ3) is 3.74. The fourth-order valence-corrected chi connectivity index (χ4v) is 2.86. The lowest BCUT2D eigenvalue weighted by Gasteiger charge is -2.11. The summed E-state index contributed by atoms with van der Waals surface area (Å²) in [6.45, 7) is 2.08. The van der Waals surface area contributed by atoms with Gasteiger partial charge >= 0.3 is 0 Å². The van der Waals surface area contributed by atoms with Gasteiger partial charge in [-0.05, 0) is 48.4 Å². The van der Waals surface area contributed by atoms with E-state index in [1.165, 1.54) is 0 Å². The van der Waals surface area contributed by atoms with Gasteiger partial charge in [0.15, 0.2) is 0 Å². The Morgan fingerprint density at radius 3 is 2.58 bits per heavy atom. The van der Waals surface area contributed by atoms with Gasteiger partial charge in [0.2, 0.25) is 0 Å². The zero-order valence-electron chi connectivity index (χ0n) is 10.4. The van der Waals surface area contributed by atoms with Crippen molar-refractivity contribution in [1.82, 2.24) is 0 Å². The lowest BCUT2D eigenvalue weighted by molar-refractivity contribution is 0.478. The molecule has 2 aromatic rings. The first-order chi connectivity index (χ1) is 9.13. The number of halogens is 3. The van der Waals surface area contributed by atoms with Crippen molar-refractivity contribution in [2.24, 2.45) is 0 Å². The normalized spacial score (nSPS) is 10.5. The van der Waals surface area contributed by atoms with Crippen LogP contribution in [0.1, 0.15) is 18.1 Å². The number of rotatable bonds is 4. The Kier molecular flexibility index (Phi) is 5.31. The van der Waals surface area contributed by atoms with Gasteiger partial charge in [0, 0.05) is 20.4 Å². The molecule has 0 radical (unpaired) electrons. The lowest BCUT2D eigenvalue weighted by Crippen LogP contribution is -1.91. The first kappa shape index (κ1) is 14.9. The van der Waals surface area contributed by atoms with Crippen molar-refractivity contribution in [3.8, 4) is 11.5 Å². The maximum atomic E-state index is 6.11. The molecule has 2 aromatic carbocycles. The molecule has 0 atom stereocenters. The van der Waals surface area contributed by atoms with Gasteiger partial charge in [-0.15, -0.1) is 0 Å². The average molecular weight is 405 g/mol. The van der Waals surface area contributed by atoms with Crippen molar-refractivity contribution in [1.29, 1.82) is 0 Å². The van der Waals surface area contributed by atoms with Gasteiger partial charge in [0.1, 0.15) is 11.5 Å². The van der Waals surface area contributed by atoms with Crippen LogP contribution in [0.15, 0.2) is 40.9 Å². The van der Waals surface area contributed by atoms with Gasteiger partial charge in [-0.3, -0.25) is 0 Å². The van der Waals surface area contributed by atoms with Crippen LogP contribution in [-0.2, 0) is 11.8 Å². The second-order valence-electron chi connectivity index (χ2n) is 4.09. The Morgan fingerprint density at radius 2 is 1.89 bits per heavy atom. The molecule has 0 saturated carbocycles. The van der Waals surface area contributed by atoms with Crippen LogP contribution in [0.3, 0.4) is 0 Å². The Balaban J connectivity index is 2.30. The van der Waals surface area contributed by atoms with Gasteiger partial charge < -0.3 is 4.74 Å². The van der Waals surface area contributed by atoms with Crippen LogP contribution in [0.5, 0.6) is 11.5 Å². The number of alkyl halides is 1. The molecule has 0 heterocycles. The number of aryl methyl sites for hydroxylation is 1. The molecular weight excluding hydrogens is 391 g/mol. The third-order valence-corrected chi connectivity index (χ3v) is 4.26. The van der Waals surface area contributed by atoms with E-state index >= 15 is 0 Å². The molecule has 19 heavy (non-hydrogen) atoms. The molecule has 4 heteroatoms. The molecule has 0 amide bonds. The summed E-state index contributed by atoms with van der Waals surface area (Å²) in [5, 5.41) is 1.53. The molecule has 2 rings (SSSR count). The summed E-state index contributed by atoms with van der Waals surface area (Å²) in [5.74, 6) is 1.66. The zero-order chi connectivity index (χ0) is 13.8. The summed E-state index contributed by atoms with van der Waals surface area (Å²) in [7, 11) is 0. The average Bonchev–Trinajstić information content (AvgIpc) is 2.42. The highest BCUT2D eigenvalue weighted by molar-refractivity contribution is 9.10. The number of hydrogen-bond acceptors (Lipinski definition) is 1. The molecule has 0 saturated heterocycles. The van der Waals surface area contributed by atoms with Crippen molar-refractivity contribution in [2.45, 2.75) is 18.7 Å². The second kappa shape index (κ2) is 6.78. The van der Waals surface area contributed by atoms with E-state index in [4.69, 9.17) is 16.3 Å². The maximum Gasteiger partial charge on any atom is 0.131 e. The van der Waals surface area contributed by atoms with Crippen LogP contribution in [0.2, 0.25) is 5.02 Å². The first-order valence-electron chi connectivity index (χ1n) is 5.94. The van der Waals surface area contributed by atoms with Gasteiger partial charge in [-0.2, -0.15) is 0 Å². The summed E-state index contributed by atoms with van der Waals surface area (Å²) in [6, 6.07) is 11.7. The van der Waals surface area contributed by atoms with Crippen LogP contribution in [0, 0.1) is 0 Å². The molecule has 0 aliphatic heterocycles. The van der Waals surface area contributed by atoms with Crippen LogP contribution >= 0.6 is 43.5 Å². The molecule has 0 aliphatic rings. The minimum atomic E-state index is 0.746. The minimum absolute atomic E-state index is 0.746. The smallest absolute Gasteiger partial charge is 0.131 e. The van der Waals surface area contributed by atoms with Crippen molar-refractivity contribution in [2.75, 3.05) is 0 Å². The van der Waals surface area contributed by atoms with Gasteiger partial charge in [-0.1, -0.05) is 50.4 Å². The van der Waals surface area contributed by atoms with E-state index in [0.29, 0.717) is 0 Å². The topological polar surface area (TPSA) is 9.23 Å². The zero-order valence-corrected chi connectivity index (χ0v) is 14.3.